The van der Waals surface area contributed by atoms with Gasteiger partial charge in [0.25, 0.3) is 0 Å². The number of rotatable bonds is 7. The smallest absolute Gasteiger partial charge is 0.231 e. The Labute approximate surface area is 130 Å². The highest BCUT2D eigenvalue weighted by Crippen LogP contribution is 2.14. The van der Waals surface area contributed by atoms with Crippen LogP contribution in [0.25, 0.3) is 0 Å². The van der Waals surface area contributed by atoms with Crippen LogP contribution in [-0.4, -0.2) is 37.4 Å². The van der Waals surface area contributed by atoms with Gasteiger partial charge in [0.2, 0.25) is 5.89 Å². The van der Waals surface area contributed by atoms with E-state index in [1.54, 1.807) is 31.2 Å². The average Bonchev–Trinajstić information content (AvgIpc) is 2.94. The van der Waals surface area contributed by atoms with Crippen LogP contribution in [0.15, 0.2) is 33.7 Å². The largest absolute Gasteiger partial charge is 0.339 e. The summed E-state index contributed by atoms with van der Waals surface area (Å²) in [7, 11) is -1.27. The molecule has 2 rings (SSSR count). The second-order valence-corrected chi connectivity index (χ2v) is 7.50. The standard InChI is InChI=1S/C15H21N3O3S/c1-4-22(19,20)13-7-5-12(6-8-13)10-15-17-14(18-21-15)9-11(2)16-3/h5-8,11,16H,4,9-10H2,1-3H3. The zero-order valence-corrected chi connectivity index (χ0v) is 13.9. The van der Waals surface area contributed by atoms with Gasteiger partial charge in [-0.25, -0.2) is 8.42 Å². The summed E-state index contributed by atoms with van der Waals surface area (Å²) in [6, 6.07) is 7.08. The first-order valence-electron chi connectivity index (χ1n) is 7.25. The first-order chi connectivity index (χ1) is 10.4. The molecule has 1 atom stereocenters. The highest BCUT2D eigenvalue weighted by atomic mass is 32.2. The molecule has 0 radical (unpaired) electrons. The molecule has 1 N–H and O–H groups in total. The van der Waals surface area contributed by atoms with E-state index < -0.39 is 9.84 Å². The molecule has 0 aliphatic heterocycles. The van der Waals surface area contributed by atoms with Gasteiger partial charge in [-0.2, -0.15) is 4.98 Å². The molecule has 0 spiro atoms. The van der Waals surface area contributed by atoms with Crippen molar-refractivity contribution in [3.63, 3.8) is 0 Å². The minimum absolute atomic E-state index is 0.100. The number of likely N-dealkylation sites (N-methyl/N-ethyl adjacent to an activating group) is 1. The van der Waals surface area contributed by atoms with Gasteiger partial charge in [0.1, 0.15) is 0 Å². The molecule has 0 aliphatic rings. The van der Waals surface area contributed by atoms with Crippen LogP contribution < -0.4 is 5.32 Å². The summed E-state index contributed by atoms with van der Waals surface area (Å²) in [6.07, 6.45) is 1.20. The summed E-state index contributed by atoms with van der Waals surface area (Å²) in [5.41, 5.74) is 0.937. The summed E-state index contributed by atoms with van der Waals surface area (Å²) in [6.45, 7) is 3.68. The SMILES string of the molecule is CCS(=O)(=O)c1ccc(Cc2nc(CC(C)NC)no2)cc1. The van der Waals surface area contributed by atoms with Gasteiger partial charge in [0.05, 0.1) is 17.1 Å². The molecule has 1 heterocycles. The highest BCUT2D eigenvalue weighted by Gasteiger charge is 2.13. The molecule has 1 unspecified atom stereocenters. The van der Waals surface area contributed by atoms with Crippen LogP contribution in [0.5, 0.6) is 0 Å². The summed E-state index contributed by atoms with van der Waals surface area (Å²) in [5, 5.41) is 7.07. The number of hydrogen-bond donors (Lipinski definition) is 1. The van der Waals surface area contributed by atoms with Gasteiger partial charge in [0.15, 0.2) is 15.7 Å². The van der Waals surface area contributed by atoms with Crippen LogP contribution in [0.4, 0.5) is 0 Å². The van der Waals surface area contributed by atoms with Crippen molar-refractivity contribution in [1.82, 2.24) is 15.5 Å². The van der Waals surface area contributed by atoms with Crippen LogP contribution in [0.3, 0.4) is 0 Å². The monoisotopic (exact) mass is 323 g/mol. The van der Waals surface area contributed by atoms with E-state index in [9.17, 15) is 8.42 Å². The quantitative estimate of drug-likeness (QED) is 0.833. The Kier molecular flexibility index (Phi) is 5.31. The fourth-order valence-electron chi connectivity index (χ4n) is 1.98. The van der Waals surface area contributed by atoms with Crippen molar-refractivity contribution in [3.05, 3.63) is 41.5 Å². The van der Waals surface area contributed by atoms with E-state index in [0.29, 0.717) is 29.5 Å². The number of sulfone groups is 1. The molecule has 0 amide bonds. The molecule has 120 valence electrons. The molecule has 2 aromatic rings. The molecule has 0 saturated heterocycles. The molecule has 0 aliphatic carbocycles. The Hall–Kier alpha value is -1.73. The molecule has 6 nitrogen and oxygen atoms in total. The Bertz CT molecular complexity index is 708. The molecule has 7 heteroatoms. The van der Waals surface area contributed by atoms with E-state index in [2.05, 4.69) is 15.5 Å². The van der Waals surface area contributed by atoms with Crippen molar-refractivity contribution in [2.75, 3.05) is 12.8 Å². The fourth-order valence-corrected chi connectivity index (χ4v) is 2.86. The molecule has 22 heavy (non-hydrogen) atoms. The Morgan fingerprint density at radius 3 is 2.55 bits per heavy atom. The van der Waals surface area contributed by atoms with E-state index in [1.807, 2.05) is 14.0 Å². The maximum atomic E-state index is 11.8. The van der Waals surface area contributed by atoms with E-state index in [1.165, 1.54) is 0 Å². The molecular weight excluding hydrogens is 302 g/mol. The predicted molar refractivity (Wildman–Crippen MR) is 83.5 cm³/mol. The van der Waals surface area contributed by atoms with Gasteiger partial charge in [-0.15, -0.1) is 0 Å². The summed E-state index contributed by atoms with van der Waals surface area (Å²) < 4.78 is 28.7. The number of aromatic nitrogens is 2. The van der Waals surface area contributed by atoms with Gasteiger partial charge in [-0.3, -0.25) is 0 Å². The first kappa shape index (κ1) is 16.6. The topological polar surface area (TPSA) is 85.1 Å². The maximum absolute atomic E-state index is 11.8. The van der Waals surface area contributed by atoms with Gasteiger partial charge in [-0.1, -0.05) is 24.2 Å². The van der Waals surface area contributed by atoms with Gasteiger partial charge < -0.3 is 9.84 Å². The van der Waals surface area contributed by atoms with Crippen LogP contribution in [0.2, 0.25) is 0 Å². The minimum Gasteiger partial charge on any atom is -0.339 e. The zero-order chi connectivity index (χ0) is 16.2. The van der Waals surface area contributed by atoms with Crippen molar-refractivity contribution in [2.45, 2.75) is 37.6 Å². The van der Waals surface area contributed by atoms with Crippen LogP contribution >= 0.6 is 0 Å². The number of hydrogen-bond acceptors (Lipinski definition) is 6. The molecule has 0 saturated carbocycles. The van der Waals surface area contributed by atoms with Crippen molar-refractivity contribution >= 4 is 9.84 Å². The van der Waals surface area contributed by atoms with E-state index >= 15 is 0 Å². The van der Waals surface area contributed by atoms with Crippen molar-refractivity contribution in [1.29, 1.82) is 0 Å². The van der Waals surface area contributed by atoms with Gasteiger partial charge >= 0.3 is 0 Å². The number of benzene rings is 1. The van der Waals surface area contributed by atoms with E-state index in [4.69, 9.17) is 4.52 Å². The van der Waals surface area contributed by atoms with Crippen molar-refractivity contribution in [2.24, 2.45) is 0 Å². The second-order valence-electron chi connectivity index (χ2n) is 5.22. The minimum atomic E-state index is -3.16. The van der Waals surface area contributed by atoms with Crippen molar-refractivity contribution in [3.8, 4) is 0 Å². The average molecular weight is 323 g/mol. The lowest BCUT2D eigenvalue weighted by atomic mass is 10.1. The van der Waals surface area contributed by atoms with Crippen molar-refractivity contribution < 1.29 is 12.9 Å². The lowest BCUT2D eigenvalue weighted by Gasteiger charge is -2.04. The second kappa shape index (κ2) is 7.02. The van der Waals surface area contributed by atoms with E-state index in [0.717, 1.165) is 5.56 Å². The lowest BCUT2D eigenvalue weighted by Crippen LogP contribution is -2.24. The Morgan fingerprint density at radius 1 is 1.27 bits per heavy atom. The number of nitrogens with one attached hydrogen (secondary N) is 1. The molecule has 1 aromatic carbocycles. The lowest BCUT2D eigenvalue weighted by molar-refractivity contribution is 0.377. The van der Waals surface area contributed by atoms with Crippen LogP contribution in [0.1, 0.15) is 31.1 Å². The van der Waals surface area contributed by atoms with Crippen LogP contribution in [-0.2, 0) is 22.7 Å². The predicted octanol–water partition coefficient (Wildman–Crippen LogP) is 1.60. The van der Waals surface area contributed by atoms with Gasteiger partial charge in [0, 0.05) is 12.5 Å². The van der Waals surface area contributed by atoms with E-state index in [-0.39, 0.29) is 11.8 Å². The summed E-state index contributed by atoms with van der Waals surface area (Å²) in [4.78, 5) is 4.69. The summed E-state index contributed by atoms with van der Waals surface area (Å²) >= 11 is 0. The third-order valence-corrected chi connectivity index (χ3v) is 5.26. The number of nitrogens with zero attached hydrogens (tertiary/aromatic N) is 2. The Morgan fingerprint density at radius 2 is 1.95 bits per heavy atom. The molecule has 1 aromatic heterocycles. The Balaban J connectivity index is 2.05. The summed E-state index contributed by atoms with van der Waals surface area (Å²) in [5.74, 6) is 1.30. The normalized spacial score (nSPS) is 13.2. The fraction of sp³-hybridized carbons (Fsp3) is 0.467. The first-order valence-corrected chi connectivity index (χ1v) is 8.90. The molecular formula is C15H21N3O3S. The molecule has 0 bridgehead atoms. The van der Waals surface area contributed by atoms with Crippen LogP contribution in [0, 0.1) is 0 Å². The molecule has 0 fully saturated rings. The maximum Gasteiger partial charge on any atom is 0.231 e. The highest BCUT2D eigenvalue weighted by molar-refractivity contribution is 7.91. The third kappa shape index (κ3) is 4.14. The van der Waals surface area contributed by atoms with Gasteiger partial charge in [-0.05, 0) is 31.7 Å². The third-order valence-electron chi connectivity index (χ3n) is 3.51. The zero-order valence-electron chi connectivity index (χ0n) is 13.0.